The first kappa shape index (κ1) is 19.3. The molecule has 2 aliphatic rings. The molecule has 30 heavy (non-hydrogen) atoms. The molecule has 0 amide bonds. The molecule has 5 heteroatoms. The molecule has 2 heterocycles. The molecule has 0 saturated carbocycles. The predicted octanol–water partition coefficient (Wildman–Crippen LogP) is 5.07. The lowest BCUT2D eigenvalue weighted by Gasteiger charge is -2.46. The highest BCUT2D eigenvalue weighted by Gasteiger charge is 2.44. The molecule has 0 aliphatic carbocycles. The first-order valence-electron chi connectivity index (χ1n) is 10.4. The summed E-state index contributed by atoms with van der Waals surface area (Å²) in [6.45, 7) is 3.05. The Balaban J connectivity index is 1.61. The smallest absolute Gasteiger partial charge is 0.264 e. The molecule has 3 aromatic carbocycles. The van der Waals surface area contributed by atoms with E-state index < -0.39 is 10.0 Å². The third-order valence-corrected chi connectivity index (χ3v) is 8.14. The average Bonchev–Trinajstić information content (AvgIpc) is 2.79. The summed E-state index contributed by atoms with van der Waals surface area (Å²) in [6, 6.07) is 25.2. The molecule has 2 aliphatic heterocycles. The van der Waals surface area contributed by atoms with Crippen molar-refractivity contribution in [2.75, 3.05) is 17.5 Å². The predicted molar refractivity (Wildman–Crippen MR) is 118 cm³/mol. The van der Waals surface area contributed by atoms with Crippen LogP contribution in [0, 0.1) is 12.8 Å². The van der Waals surface area contributed by atoms with Crippen LogP contribution in [0.5, 0.6) is 0 Å². The number of nitrogens with zero attached hydrogens (tertiary/aromatic N) is 1. The number of ether oxygens (including phenoxy) is 1. The van der Waals surface area contributed by atoms with Crippen LogP contribution in [0.1, 0.15) is 35.1 Å². The van der Waals surface area contributed by atoms with Gasteiger partial charge in [-0.1, -0.05) is 66.2 Å². The van der Waals surface area contributed by atoms with E-state index in [1.165, 1.54) is 0 Å². The highest BCUT2D eigenvalue weighted by atomic mass is 32.2. The van der Waals surface area contributed by atoms with Gasteiger partial charge in [0.2, 0.25) is 0 Å². The quantitative estimate of drug-likeness (QED) is 0.596. The Morgan fingerprint density at radius 3 is 2.37 bits per heavy atom. The van der Waals surface area contributed by atoms with Crippen LogP contribution in [0.2, 0.25) is 0 Å². The zero-order chi connectivity index (χ0) is 20.7. The van der Waals surface area contributed by atoms with Gasteiger partial charge in [-0.25, -0.2) is 8.42 Å². The first-order valence-corrected chi connectivity index (χ1v) is 11.8. The lowest BCUT2D eigenvalue weighted by Crippen LogP contribution is -2.46. The van der Waals surface area contributed by atoms with Crippen molar-refractivity contribution in [3.8, 4) is 0 Å². The molecule has 0 spiro atoms. The van der Waals surface area contributed by atoms with Crippen molar-refractivity contribution < 1.29 is 13.2 Å². The molecule has 5 rings (SSSR count). The van der Waals surface area contributed by atoms with Gasteiger partial charge in [0.15, 0.2) is 0 Å². The van der Waals surface area contributed by atoms with Crippen LogP contribution >= 0.6 is 0 Å². The van der Waals surface area contributed by atoms with E-state index >= 15 is 0 Å². The zero-order valence-electron chi connectivity index (χ0n) is 16.9. The third kappa shape index (κ3) is 3.22. The fraction of sp³-hybridized carbons (Fsp3) is 0.280. The van der Waals surface area contributed by atoms with Gasteiger partial charge in [-0.2, -0.15) is 0 Å². The van der Waals surface area contributed by atoms with Gasteiger partial charge in [0, 0.05) is 19.1 Å². The van der Waals surface area contributed by atoms with Crippen molar-refractivity contribution in [3.63, 3.8) is 0 Å². The fourth-order valence-electron chi connectivity index (χ4n) is 4.85. The van der Waals surface area contributed by atoms with Crippen LogP contribution in [0.15, 0.2) is 83.8 Å². The minimum atomic E-state index is -3.67. The lowest BCUT2D eigenvalue weighted by molar-refractivity contribution is -0.0384. The van der Waals surface area contributed by atoms with Gasteiger partial charge < -0.3 is 4.74 Å². The van der Waals surface area contributed by atoms with Crippen molar-refractivity contribution in [1.29, 1.82) is 0 Å². The van der Waals surface area contributed by atoms with Crippen molar-refractivity contribution in [2.45, 2.75) is 30.3 Å². The number of hydrogen-bond acceptors (Lipinski definition) is 3. The van der Waals surface area contributed by atoms with Crippen molar-refractivity contribution in [1.82, 2.24) is 0 Å². The Labute approximate surface area is 178 Å². The van der Waals surface area contributed by atoms with Crippen LogP contribution in [-0.2, 0) is 14.8 Å². The number of anilines is 1. The van der Waals surface area contributed by atoms with E-state index in [2.05, 4.69) is 18.2 Å². The number of sulfonamides is 1. The van der Waals surface area contributed by atoms with Gasteiger partial charge >= 0.3 is 0 Å². The second-order valence-corrected chi connectivity index (χ2v) is 10.0. The monoisotopic (exact) mass is 419 g/mol. The molecule has 0 radical (unpaired) electrons. The van der Waals surface area contributed by atoms with Crippen LogP contribution < -0.4 is 4.31 Å². The van der Waals surface area contributed by atoms with E-state index in [-0.39, 0.29) is 17.9 Å². The number of aryl methyl sites for hydroxylation is 1. The van der Waals surface area contributed by atoms with Gasteiger partial charge in [0.1, 0.15) is 0 Å². The summed E-state index contributed by atoms with van der Waals surface area (Å²) in [6.07, 6.45) is 0.790. The Morgan fingerprint density at radius 2 is 1.60 bits per heavy atom. The van der Waals surface area contributed by atoms with Crippen LogP contribution in [0.3, 0.4) is 0 Å². The Hall–Kier alpha value is -2.63. The van der Waals surface area contributed by atoms with E-state index in [1.807, 2.05) is 55.5 Å². The van der Waals surface area contributed by atoms with E-state index in [9.17, 15) is 8.42 Å². The highest BCUT2D eigenvalue weighted by molar-refractivity contribution is 7.92. The van der Waals surface area contributed by atoms with Gasteiger partial charge in [0.25, 0.3) is 10.0 Å². The summed E-state index contributed by atoms with van der Waals surface area (Å²) in [7, 11) is -3.67. The SMILES string of the molecule is Cc1ccc(S(=O)(=O)N2C[C@@H]3[C@@H](c4ccccc4)OCC[C@H]3c3ccccc32)cc1. The number of hydrogen-bond donors (Lipinski definition) is 0. The standard InChI is InChI=1S/C25H25NO3S/c1-18-11-13-20(14-12-18)30(27,28)26-17-23-21(22-9-5-6-10-24(22)26)15-16-29-25(23)19-7-3-2-4-8-19/h2-14,21,23,25H,15-17H2,1H3/t21-,23-,25+/m0/s1. The molecular weight excluding hydrogens is 394 g/mol. The molecule has 0 bridgehead atoms. The molecular formula is C25H25NO3S. The summed E-state index contributed by atoms with van der Waals surface area (Å²) in [5, 5.41) is 0. The van der Waals surface area contributed by atoms with Crippen LogP contribution in [0.4, 0.5) is 5.69 Å². The van der Waals surface area contributed by atoms with Crippen molar-refractivity contribution >= 4 is 15.7 Å². The maximum atomic E-state index is 13.7. The van der Waals surface area contributed by atoms with Crippen LogP contribution in [0.25, 0.3) is 0 Å². The molecule has 0 aromatic heterocycles. The van der Waals surface area contributed by atoms with Gasteiger partial charge in [-0.15, -0.1) is 0 Å². The number of rotatable bonds is 3. The maximum absolute atomic E-state index is 13.7. The van der Waals surface area contributed by atoms with Gasteiger partial charge in [-0.3, -0.25) is 4.31 Å². The zero-order valence-corrected chi connectivity index (χ0v) is 17.8. The second-order valence-electron chi connectivity index (χ2n) is 8.17. The third-order valence-electron chi connectivity index (χ3n) is 6.35. The topological polar surface area (TPSA) is 46.6 Å². The summed E-state index contributed by atoms with van der Waals surface area (Å²) >= 11 is 0. The second kappa shape index (κ2) is 7.56. The van der Waals surface area contributed by atoms with E-state index in [0.29, 0.717) is 18.0 Å². The molecule has 4 nitrogen and oxygen atoms in total. The molecule has 154 valence electrons. The molecule has 0 N–H and O–H groups in total. The minimum Gasteiger partial charge on any atom is -0.373 e. The van der Waals surface area contributed by atoms with E-state index in [1.54, 1.807) is 16.4 Å². The molecule has 1 saturated heterocycles. The maximum Gasteiger partial charge on any atom is 0.264 e. The molecule has 3 aromatic rings. The number of fused-ring (bicyclic) bond motifs is 3. The normalized spacial score (nSPS) is 23.5. The summed E-state index contributed by atoms with van der Waals surface area (Å²) in [5.74, 6) is 0.348. The molecule has 1 fully saturated rings. The molecule has 0 unspecified atom stereocenters. The average molecular weight is 420 g/mol. The van der Waals surface area contributed by atoms with Gasteiger partial charge in [-0.05, 0) is 48.6 Å². The summed E-state index contributed by atoms with van der Waals surface area (Å²) in [4.78, 5) is 0.328. The first-order chi connectivity index (χ1) is 14.6. The summed E-state index contributed by atoms with van der Waals surface area (Å²) < 4.78 is 35.1. The highest BCUT2D eigenvalue weighted by Crippen LogP contribution is 2.50. The summed E-state index contributed by atoms with van der Waals surface area (Å²) in [5.41, 5.74) is 4.05. The fourth-order valence-corrected chi connectivity index (χ4v) is 6.38. The minimum absolute atomic E-state index is 0.0660. The van der Waals surface area contributed by atoms with Crippen molar-refractivity contribution in [3.05, 3.63) is 95.6 Å². The van der Waals surface area contributed by atoms with Gasteiger partial charge in [0.05, 0.1) is 16.7 Å². The molecule has 3 atom stereocenters. The number of benzene rings is 3. The van der Waals surface area contributed by atoms with Crippen molar-refractivity contribution in [2.24, 2.45) is 5.92 Å². The Morgan fingerprint density at radius 1 is 0.900 bits per heavy atom. The van der Waals surface area contributed by atoms with E-state index in [0.717, 1.165) is 28.8 Å². The number of para-hydroxylation sites is 1. The largest absolute Gasteiger partial charge is 0.373 e. The van der Waals surface area contributed by atoms with E-state index in [4.69, 9.17) is 4.74 Å². The Kier molecular flexibility index (Phi) is 4.88. The van der Waals surface area contributed by atoms with Crippen LogP contribution in [-0.4, -0.2) is 21.6 Å². The lowest BCUT2D eigenvalue weighted by atomic mass is 9.74. The Bertz CT molecular complexity index is 1140.